The van der Waals surface area contributed by atoms with Gasteiger partial charge in [0, 0.05) is 51.0 Å². The number of aliphatic hydroxyl groups excluding tert-OH is 2. The molecule has 9 N–H and O–H groups in total. The second kappa shape index (κ2) is 21.9. The molecule has 3 saturated heterocycles. The van der Waals surface area contributed by atoms with Gasteiger partial charge in [0.25, 0.3) is 5.91 Å². The molecule has 0 aliphatic carbocycles. The highest BCUT2D eigenvalue weighted by Crippen LogP contribution is 2.44. The highest BCUT2D eigenvalue weighted by molar-refractivity contribution is 5.91. The minimum Gasteiger partial charge on any atom is -0.480 e. The van der Waals surface area contributed by atoms with Crippen LogP contribution in [0.4, 0.5) is 0 Å². The van der Waals surface area contributed by atoms with Crippen LogP contribution in [-0.4, -0.2) is 127 Å². The molecule has 0 aromatic heterocycles. The van der Waals surface area contributed by atoms with Gasteiger partial charge in [0.05, 0.1) is 24.4 Å². The van der Waals surface area contributed by atoms with Gasteiger partial charge in [-0.1, -0.05) is 64.0 Å². The van der Waals surface area contributed by atoms with Crippen molar-refractivity contribution < 1.29 is 58.1 Å². The van der Waals surface area contributed by atoms with E-state index < -0.39 is 77.9 Å². The summed E-state index contributed by atoms with van der Waals surface area (Å²) >= 11 is 0. The molecule has 0 saturated carbocycles. The van der Waals surface area contributed by atoms with Crippen LogP contribution in [0.2, 0.25) is 0 Å². The number of nitrogens with zero attached hydrogens (tertiary/aromatic N) is 1. The molecule has 17 heteroatoms. The third-order valence-corrected chi connectivity index (χ3v) is 11.0. The zero-order chi connectivity index (χ0) is 41.6. The lowest BCUT2D eigenvalue weighted by molar-refractivity contribution is -0.332. The van der Waals surface area contributed by atoms with Crippen molar-refractivity contribution in [3.63, 3.8) is 0 Å². The van der Waals surface area contributed by atoms with Gasteiger partial charge < -0.3 is 65.8 Å². The summed E-state index contributed by atoms with van der Waals surface area (Å²) in [5.74, 6) is -4.08. The number of carbonyl (C=O) groups excluding carboxylic acids is 2. The van der Waals surface area contributed by atoms with Crippen LogP contribution in [-0.2, 0) is 42.8 Å². The number of hydrogen-bond acceptors (Lipinski definition) is 12. The van der Waals surface area contributed by atoms with E-state index >= 15 is 0 Å². The number of ether oxygens (including phenoxy) is 6. The van der Waals surface area contributed by atoms with Crippen LogP contribution in [0.1, 0.15) is 85.5 Å². The number of hydrogen-bond donors (Lipinski definition) is 7. The number of fused-ring (bicyclic) bond motifs is 1. The number of carboxylic acids is 1. The Balaban J connectivity index is 1.48. The lowest BCUT2D eigenvalue weighted by Crippen LogP contribution is -2.69. The number of methoxy groups -OCH3 is 2. The first-order chi connectivity index (χ1) is 26.5. The third kappa shape index (κ3) is 12.8. The standard InChI is InChI=1S/C39H65N5O12/c1-23-21-39(52-7,56-25(3)24(23)2)32(47)34(48)44-35-31-30(53-22-54-35)33(51-6)38(4,5)28(55-31)20-26(45)16-13-11-9-8-10-12-14-18-29(46)43-27(36(49)50)17-15-19-42-37(40)41/h10,12,14,18,24-28,30-33,35,45,47H,1,8-9,11,13,15-17,19-22H2,2-7H3,(H,43,46)(H,44,48)(H,49,50)(H4,40,41,42)/b12-10+,18-14+/t24-,25-,26-,27?,28-,30+,31+,32-,33-,35+,39-/m1/s1. The van der Waals surface area contributed by atoms with Crippen LogP contribution in [0, 0.1) is 11.3 Å². The smallest absolute Gasteiger partial charge is 0.326 e. The number of carboxylic acid groups (broad SMARTS) is 1. The van der Waals surface area contributed by atoms with Gasteiger partial charge in [-0.2, -0.15) is 0 Å². The first-order valence-corrected chi connectivity index (χ1v) is 19.4. The number of guanidine groups is 1. The van der Waals surface area contributed by atoms with Gasteiger partial charge in [-0.15, -0.1) is 0 Å². The molecular formula is C39H65N5O12. The molecule has 3 heterocycles. The van der Waals surface area contributed by atoms with Crippen molar-refractivity contribution in [3.05, 3.63) is 36.5 Å². The van der Waals surface area contributed by atoms with Crippen molar-refractivity contribution >= 4 is 23.7 Å². The summed E-state index contributed by atoms with van der Waals surface area (Å²) in [7, 11) is 2.97. The van der Waals surface area contributed by atoms with Gasteiger partial charge in [-0.3, -0.25) is 14.6 Å². The number of allylic oxidation sites excluding steroid dienone is 3. The lowest BCUT2D eigenvalue weighted by Gasteiger charge is -2.54. The van der Waals surface area contributed by atoms with E-state index in [1.54, 1.807) is 19.3 Å². The van der Waals surface area contributed by atoms with Gasteiger partial charge in [-0.05, 0) is 39.0 Å². The molecule has 56 heavy (non-hydrogen) atoms. The number of carbonyl (C=O) groups is 3. The molecule has 0 aromatic rings. The zero-order valence-corrected chi connectivity index (χ0v) is 33.7. The molecule has 0 bridgehead atoms. The molecule has 17 nitrogen and oxygen atoms in total. The van der Waals surface area contributed by atoms with Crippen LogP contribution >= 0.6 is 0 Å². The second-order valence-electron chi connectivity index (χ2n) is 15.4. The average Bonchev–Trinajstić information content (AvgIpc) is 3.14. The largest absolute Gasteiger partial charge is 0.480 e. The van der Waals surface area contributed by atoms with Crippen LogP contribution in [0.25, 0.3) is 0 Å². The van der Waals surface area contributed by atoms with E-state index in [4.69, 9.17) is 39.9 Å². The Kier molecular flexibility index (Phi) is 18.4. The quantitative estimate of drug-likeness (QED) is 0.0218. The lowest BCUT2D eigenvalue weighted by atomic mass is 9.72. The molecule has 318 valence electrons. The Labute approximate surface area is 330 Å². The molecule has 3 aliphatic heterocycles. The number of unbranched alkanes of at least 4 members (excludes halogenated alkanes) is 3. The van der Waals surface area contributed by atoms with E-state index in [1.165, 1.54) is 13.2 Å². The van der Waals surface area contributed by atoms with Crippen LogP contribution < -0.4 is 22.1 Å². The molecule has 0 radical (unpaired) electrons. The van der Waals surface area contributed by atoms with Crippen LogP contribution in [0.5, 0.6) is 0 Å². The van der Waals surface area contributed by atoms with Crippen LogP contribution in [0.3, 0.4) is 0 Å². The number of aliphatic carboxylic acids is 1. The van der Waals surface area contributed by atoms with Crippen molar-refractivity contribution in [1.29, 1.82) is 0 Å². The van der Waals surface area contributed by atoms with E-state index in [-0.39, 0.29) is 44.2 Å². The predicted octanol–water partition coefficient (Wildman–Crippen LogP) is 1.75. The number of rotatable bonds is 21. The number of amides is 2. The SMILES string of the molecule is C=C1C[C@](OC)([C@H](O)C(=O)N[C@H]2OCO[C@H]3[C@@H]2O[C@H](C[C@H](O)CCCCC/C=C/C=C/C(=O)NC(CCCN=C(N)N)C(=O)O)C(C)(C)[C@@H]3OC)O[C@H](C)[C@@H]1C. The van der Waals surface area contributed by atoms with Crippen molar-refractivity contribution in [2.24, 2.45) is 27.8 Å². The summed E-state index contributed by atoms with van der Waals surface area (Å²) in [6.45, 7) is 12.0. The van der Waals surface area contributed by atoms with Crippen molar-refractivity contribution in [3.8, 4) is 0 Å². The molecule has 0 aromatic carbocycles. The Hall–Kier alpha value is -3.42. The summed E-state index contributed by atoms with van der Waals surface area (Å²) < 4.78 is 35.9. The average molecular weight is 796 g/mol. The molecule has 2 amide bonds. The van der Waals surface area contributed by atoms with Gasteiger partial charge in [0.15, 0.2) is 18.3 Å². The third-order valence-electron chi connectivity index (χ3n) is 11.0. The fourth-order valence-electron chi connectivity index (χ4n) is 7.42. The Morgan fingerprint density at radius 2 is 1.79 bits per heavy atom. The van der Waals surface area contributed by atoms with E-state index in [0.29, 0.717) is 19.3 Å². The van der Waals surface area contributed by atoms with Gasteiger partial charge >= 0.3 is 5.97 Å². The minimum atomic E-state index is -1.70. The summed E-state index contributed by atoms with van der Waals surface area (Å²) in [6, 6.07) is -1.05. The van der Waals surface area contributed by atoms with Crippen molar-refractivity contribution in [2.75, 3.05) is 27.6 Å². The summed E-state index contributed by atoms with van der Waals surface area (Å²) in [6.07, 6.45) is 5.27. The van der Waals surface area contributed by atoms with E-state index in [0.717, 1.165) is 31.3 Å². The summed E-state index contributed by atoms with van der Waals surface area (Å²) in [5.41, 5.74) is 10.8. The molecule has 3 aliphatic rings. The Morgan fingerprint density at radius 3 is 2.43 bits per heavy atom. The Bertz CT molecular complexity index is 1400. The molecule has 3 fully saturated rings. The predicted molar refractivity (Wildman–Crippen MR) is 207 cm³/mol. The van der Waals surface area contributed by atoms with Gasteiger partial charge in [-0.25, -0.2) is 4.79 Å². The monoisotopic (exact) mass is 795 g/mol. The molecule has 11 atom stereocenters. The fraction of sp³-hybridized carbons (Fsp3) is 0.744. The fourth-order valence-corrected chi connectivity index (χ4v) is 7.42. The zero-order valence-electron chi connectivity index (χ0n) is 33.7. The van der Waals surface area contributed by atoms with Crippen molar-refractivity contribution in [2.45, 2.75) is 146 Å². The maximum Gasteiger partial charge on any atom is 0.326 e. The molecule has 0 spiro atoms. The number of aliphatic imine (C=N–C) groups is 1. The van der Waals surface area contributed by atoms with Gasteiger partial charge in [0.1, 0.15) is 25.0 Å². The summed E-state index contributed by atoms with van der Waals surface area (Å²) in [4.78, 5) is 40.9. The highest BCUT2D eigenvalue weighted by atomic mass is 16.7. The highest BCUT2D eigenvalue weighted by Gasteiger charge is 2.57. The number of aliphatic hydroxyl groups is 2. The first kappa shape index (κ1) is 47.0. The maximum absolute atomic E-state index is 13.5. The molecule has 3 rings (SSSR count). The van der Waals surface area contributed by atoms with E-state index in [1.807, 2.05) is 33.8 Å². The Morgan fingerprint density at radius 1 is 1.05 bits per heavy atom. The normalized spacial score (nSPS) is 30.6. The first-order valence-electron chi connectivity index (χ1n) is 19.4. The second-order valence-corrected chi connectivity index (χ2v) is 15.4. The van der Waals surface area contributed by atoms with E-state index in [9.17, 15) is 29.7 Å². The number of nitrogens with two attached hydrogens (primary N) is 2. The van der Waals surface area contributed by atoms with Crippen LogP contribution in [0.15, 0.2) is 41.4 Å². The molecule has 1 unspecified atom stereocenters. The maximum atomic E-state index is 13.5. The summed E-state index contributed by atoms with van der Waals surface area (Å²) in [5, 5.41) is 36.9. The number of nitrogens with one attached hydrogen (secondary N) is 2. The van der Waals surface area contributed by atoms with E-state index in [2.05, 4.69) is 22.2 Å². The van der Waals surface area contributed by atoms with Gasteiger partial charge in [0.2, 0.25) is 11.7 Å². The van der Waals surface area contributed by atoms with Crippen molar-refractivity contribution in [1.82, 2.24) is 10.6 Å². The molecular weight excluding hydrogens is 730 g/mol. The topological polar surface area (TPSA) is 256 Å². The minimum absolute atomic E-state index is 0.0217.